The highest BCUT2D eigenvalue weighted by atomic mass is 35.5. The van der Waals surface area contributed by atoms with Crippen molar-refractivity contribution in [2.45, 2.75) is 19.3 Å². The van der Waals surface area contributed by atoms with E-state index in [4.69, 9.17) is 21.1 Å². The molecule has 0 aliphatic heterocycles. The van der Waals surface area contributed by atoms with E-state index in [1.807, 2.05) is 0 Å². The third-order valence-corrected chi connectivity index (χ3v) is 3.87. The van der Waals surface area contributed by atoms with Gasteiger partial charge >= 0.3 is 5.97 Å². The number of carbonyl (C=O) groups is 3. The smallest absolute Gasteiger partial charge is 0.306 e. The van der Waals surface area contributed by atoms with E-state index in [-0.39, 0.29) is 18.7 Å². The molecule has 0 fully saturated rings. The summed E-state index contributed by atoms with van der Waals surface area (Å²) in [5.41, 5.74) is 1.08. The van der Waals surface area contributed by atoms with E-state index in [0.29, 0.717) is 28.6 Å². The van der Waals surface area contributed by atoms with E-state index < -0.39 is 18.5 Å². The van der Waals surface area contributed by atoms with E-state index in [1.165, 1.54) is 7.11 Å². The Morgan fingerprint density at radius 3 is 2.50 bits per heavy atom. The first-order chi connectivity index (χ1) is 13.5. The van der Waals surface area contributed by atoms with Crippen molar-refractivity contribution in [2.75, 3.05) is 24.4 Å². The van der Waals surface area contributed by atoms with Gasteiger partial charge in [0, 0.05) is 23.6 Å². The van der Waals surface area contributed by atoms with Gasteiger partial charge in [-0.05, 0) is 36.8 Å². The third kappa shape index (κ3) is 7.28. The van der Waals surface area contributed by atoms with Gasteiger partial charge in [0.1, 0.15) is 5.75 Å². The second-order valence-electron chi connectivity index (χ2n) is 5.82. The van der Waals surface area contributed by atoms with E-state index in [1.54, 1.807) is 48.5 Å². The second kappa shape index (κ2) is 10.9. The van der Waals surface area contributed by atoms with E-state index in [2.05, 4.69) is 10.6 Å². The van der Waals surface area contributed by atoms with Gasteiger partial charge in [0.25, 0.3) is 5.91 Å². The first kappa shape index (κ1) is 21.2. The Labute approximate surface area is 168 Å². The Bertz CT molecular complexity index is 841. The lowest BCUT2D eigenvalue weighted by Crippen LogP contribution is -2.21. The summed E-state index contributed by atoms with van der Waals surface area (Å²) in [5, 5.41) is 5.82. The molecule has 148 valence electrons. The maximum absolute atomic E-state index is 11.9. The minimum absolute atomic E-state index is 0.0326. The highest BCUT2D eigenvalue weighted by Crippen LogP contribution is 2.22. The summed E-state index contributed by atoms with van der Waals surface area (Å²) in [6, 6.07) is 13.7. The molecule has 2 aromatic rings. The highest BCUT2D eigenvalue weighted by Gasteiger charge is 2.11. The number of rotatable bonds is 9. The number of halogens is 1. The molecule has 2 amide bonds. The van der Waals surface area contributed by atoms with Crippen molar-refractivity contribution >= 4 is 40.8 Å². The number of hydrogen-bond donors (Lipinski definition) is 2. The summed E-state index contributed by atoms with van der Waals surface area (Å²) in [6.07, 6.45) is 0.485. The zero-order valence-corrected chi connectivity index (χ0v) is 16.1. The molecule has 0 aromatic heterocycles. The molecule has 2 rings (SSSR count). The lowest BCUT2D eigenvalue weighted by Gasteiger charge is -2.10. The number of benzene rings is 2. The largest absolute Gasteiger partial charge is 0.495 e. The van der Waals surface area contributed by atoms with Crippen molar-refractivity contribution in [3.05, 3.63) is 53.6 Å². The predicted octanol–water partition coefficient (Wildman–Crippen LogP) is 3.64. The molecule has 0 saturated carbocycles. The number of carbonyl (C=O) groups excluding carboxylic acids is 3. The van der Waals surface area contributed by atoms with Crippen LogP contribution in [0.15, 0.2) is 48.5 Å². The Kier molecular flexibility index (Phi) is 8.30. The minimum Gasteiger partial charge on any atom is -0.495 e. The molecule has 0 unspecified atom stereocenters. The van der Waals surface area contributed by atoms with Crippen molar-refractivity contribution in [2.24, 2.45) is 0 Å². The van der Waals surface area contributed by atoms with Gasteiger partial charge in [-0.25, -0.2) is 0 Å². The summed E-state index contributed by atoms with van der Waals surface area (Å²) in [6.45, 7) is -0.411. The quantitative estimate of drug-likeness (QED) is 0.622. The molecule has 0 atom stereocenters. The summed E-state index contributed by atoms with van der Waals surface area (Å²) in [4.78, 5) is 35.5. The number of methoxy groups -OCH3 is 1. The average molecular weight is 405 g/mol. The van der Waals surface area contributed by atoms with Gasteiger partial charge in [0.2, 0.25) is 5.91 Å². The van der Waals surface area contributed by atoms with Gasteiger partial charge < -0.3 is 20.1 Å². The molecule has 0 spiro atoms. The molecule has 28 heavy (non-hydrogen) atoms. The standard InChI is InChI=1S/C20H21ClN2O5/c1-27-17-9-3-2-8-16(17)23-19(25)13-28-20(26)11-5-10-18(24)22-15-7-4-6-14(21)12-15/h2-4,6-9,12H,5,10-11,13H2,1H3,(H,22,24)(H,23,25). The average Bonchev–Trinajstić information content (AvgIpc) is 2.67. The highest BCUT2D eigenvalue weighted by molar-refractivity contribution is 6.30. The van der Waals surface area contributed by atoms with Crippen LogP contribution in [0.4, 0.5) is 11.4 Å². The summed E-state index contributed by atoms with van der Waals surface area (Å²) < 4.78 is 10.1. The topological polar surface area (TPSA) is 93.7 Å². The van der Waals surface area contributed by atoms with E-state index in [9.17, 15) is 14.4 Å². The van der Waals surface area contributed by atoms with Crippen LogP contribution >= 0.6 is 11.6 Å². The van der Waals surface area contributed by atoms with Crippen LogP contribution in [0.2, 0.25) is 5.02 Å². The number of amides is 2. The van der Waals surface area contributed by atoms with Crippen LogP contribution in [0.1, 0.15) is 19.3 Å². The van der Waals surface area contributed by atoms with Gasteiger partial charge in [-0.3, -0.25) is 14.4 Å². The first-order valence-electron chi connectivity index (χ1n) is 8.62. The maximum Gasteiger partial charge on any atom is 0.306 e. The Morgan fingerprint density at radius 1 is 0.964 bits per heavy atom. The number of anilines is 2. The summed E-state index contributed by atoms with van der Waals surface area (Å²) in [7, 11) is 1.49. The monoisotopic (exact) mass is 404 g/mol. The van der Waals surface area contributed by atoms with Crippen molar-refractivity contribution in [1.82, 2.24) is 0 Å². The molecule has 7 nitrogen and oxygen atoms in total. The normalized spacial score (nSPS) is 10.1. The summed E-state index contributed by atoms with van der Waals surface area (Å²) >= 11 is 5.85. The van der Waals surface area contributed by atoms with Crippen LogP contribution < -0.4 is 15.4 Å². The van der Waals surface area contributed by atoms with Gasteiger partial charge in [0.05, 0.1) is 12.8 Å². The van der Waals surface area contributed by atoms with Crippen molar-refractivity contribution < 1.29 is 23.9 Å². The SMILES string of the molecule is COc1ccccc1NC(=O)COC(=O)CCCC(=O)Nc1cccc(Cl)c1. The van der Waals surface area contributed by atoms with Gasteiger partial charge in [-0.15, -0.1) is 0 Å². The van der Waals surface area contributed by atoms with Crippen molar-refractivity contribution in [3.63, 3.8) is 0 Å². The number of ether oxygens (including phenoxy) is 2. The van der Waals surface area contributed by atoms with E-state index in [0.717, 1.165) is 0 Å². The van der Waals surface area contributed by atoms with Crippen LogP contribution in [0.25, 0.3) is 0 Å². The second-order valence-corrected chi connectivity index (χ2v) is 6.26. The van der Waals surface area contributed by atoms with Crippen LogP contribution in [0, 0.1) is 0 Å². The molecule has 2 N–H and O–H groups in total. The maximum atomic E-state index is 11.9. The molecule has 0 saturated heterocycles. The number of para-hydroxylation sites is 2. The third-order valence-electron chi connectivity index (χ3n) is 3.64. The fourth-order valence-electron chi connectivity index (χ4n) is 2.34. The van der Waals surface area contributed by atoms with Crippen LogP contribution in [0.5, 0.6) is 5.75 Å². The molecular formula is C20H21ClN2O5. The zero-order chi connectivity index (χ0) is 20.4. The lowest BCUT2D eigenvalue weighted by atomic mass is 10.2. The first-order valence-corrected chi connectivity index (χ1v) is 8.99. The molecule has 0 aliphatic carbocycles. The molecule has 0 heterocycles. The van der Waals surface area contributed by atoms with Gasteiger partial charge in [0.15, 0.2) is 6.61 Å². The molecule has 0 radical (unpaired) electrons. The fourth-order valence-corrected chi connectivity index (χ4v) is 2.53. The van der Waals surface area contributed by atoms with Gasteiger partial charge in [-0.2, -0.15) is 0 Å². The number of esters is 1. The van der Waals surface area contributed by atoms with Crippen molar-refractivity contribution in [1.29, 1.82) is 0 Å². The number of hydrogen-bond acceptors (Lipinski definition) is 5. The molecular weight excluding hydrogens is 384 g/mol. The zero-order valence-electron chi connectivity index (χ0n) is 15.4. The van der Waals surface area contributed by atoms with Gasteiger partial charge in [-0.1, -0.05) is 29.8 Å². The fraction of sp³-hybridized carbons (Fsp3) is 0.250. The lowest BCUT2D eigenvalue weighted by molar-refractivity contribution is -0.147. The van der Waals surface area contributed by atoms with Crippen LogP contribution in [0.3, 0.4) is 0 Å². The molecule has 8 heteroatoms. The molecule has 2 aromatic carbocycles. The molecule has 0 bridgehead atoms. The van der Waals surface area contributed by atoms with Crippen LogP contribution in [-0.4, -0.2) is 31.5 Å². The number of nitrogens with one attached hydrogen (secondary N) is 2. The Hall–Kier alpha value is -3.06. The summed E-state index contributed by atoms with van der Waals surface area (Å²) in [5.74, 6) is -0.751. The van der Waals surface area contributed by atoms with Crippen molar-refractivity contribution in [3.8, 4) is 5.75 Å². The Balaban J connectivity index is 1.65. The minimum atomic E-state index is -0.550. The Morgan fingerprint density at radius 2 is 1.75 bits per heavy atom. The predicted molar refractivity (Wildman–Crippen MR) is 107 cm³/mol. The van der Waals surface area contributed by atoms with E-state index >= 15 is 0 Å². The molecule has 0 aliphatic rings. The van der Waals surface area contributed by atoms with Crippen LogP contribution in [-0.2, 0) is 19.1 Å².